The second kappa shape index (κ2) is 6.49. The zero-order chi connectivity index (χ0) is 13.8. The quantitative estimate of drug-likeness (QED) is 0.302. The Kier molecular flexibility index (Phi) is 4.95. The first-order valence-electron chi connectivity index (χ1n) is 6.53. The molecular formula is C13H17IN2O3. The number of carbonyl (C=O) groups is 3. The summed E-state index contributed by atoms with van der Waals surface area (Å²) in [4.78, 5) is 37.4. The standard InChI is InChI=1S/C13H17IN2O3/c14-10-8-15(9-10)11(17)4-2-1-3-7-16-12(18)5-6-13(16)19/h5-6,10H,1-4,7-9H2. The van der Waals surface area contributed by atoms with Gasteiger partial charge in [-0.15, -0.1) is 0 Å². The summed E-state index contributed by atoms with van der Waals surface area (Å²) < 4.78 is 0.612. The Morgan fingerprint density at radius 3 is 2.37 bits per heavy atom. The predicted octanol–water partition coefficient (Wildman–Crippen LogP) is 1.12. The summed E-state index contributed by atoms with van der Waals surface area (Å²) >= 11 is 2.35. The topological polar surface area (TPSA) is 57.7 Å². The Morgan fingerprint density at radius 2 is 1.79 bits per heavy atom. The van der Waals surface area contributed by atoms with E-state index in [4.69, 9.17) is 0 Å². The van der Waals surface area contributed by atoms with E-state index < -0.39 is 0 Å². The van der Waals surface area contributed by atoms with Crippen molar-refractivity contribution in [3.63, 3.8) is 0 Å². The molecule has 0 bridgehead atoms. The highest BCUT2D eigenvalue weighted by molar-refractivity contribution is 14.1. The SMILES string of the molecule is O=C(CCCCCN1C(=O)C=CC1=O)N1CC(I)C1. The van der Waals surface area contributed by atoms with E-state index in [-0.39, 0.29) is 17.7 Å². The molecular weight excluding hydrogens is 359 g/mol. The van der Waals surface area contributed by atoms with Crippen LogP contribution in [0.5, 0.6) is 0 Å². The number of halogens is 1. The third kappa shape index (κ3) is 3.77. The molecule has 0 saturated carbocycles. The highest BCUT2D eigenvalue weighted by Gasteiger charge is 2.27. The van der Waals surface area contributed by atoms with Crippen LogP contribution in [0.4, 0.5) is 0 Å². The van der Waals surface area contributed by atoms with Gasteiger partial charge >= 0.3 is 0 Å². The van der Waals surface area contributed by atoms with Crippen molar-refractivity contribution in [1.29, 1.82) is 0 Å². The number of unbranched alkanes of at least 4 members (excludes halogenated alkanes) is 2. The lowest BCUT2D eigenvalue weighted by molar-refractivity contribution is -0.137. The Labute approximate surface area is 126 Å². The van der Waals surface area contributed by atoms with E-state index in [9.17, 15) is 14.4 Å². The van der Waals surface area contributed by atoms with Gasteiger partial charge in [-0.25, -0.2) is 0 Å². The summed E-state index contributed by atoms with van der Waals surface area (Å²) in [5.74, 6) is -0.229. The third-order valence-corrected chi connectivity index (χ3v) is 4.15. The highest BCUT2D eigenvalue weighted by Crippen LogP contribution is 2.18. The molecule has 0 atom stereocenters. The second-order valence-corrected chi connectivity index (χ2v) is 6.63. The number of alkyl halides is 1. The van der Waals surface area contributed by atoms with Gasteiger partial charge in [0.25, 0.3) is 11.8 Å². The lowest BCUT2D eigenvalue weighted by atomic mass is 10.1. The van der Waals surface area contributed by atoms with Crippen LogP contribution < -0.4 is 0 Å². The molecule has 1 saturated heterocycles. The monoisotopic (exact) mass is 376 g/mol. The van der Waals surface area contributed by atoms with E-state index in [1.807, 2.05) is 4.90 Å². The molecule has 0 spiro atoms. The van der Waals surface area contributed by atoms with Gasteiger partial charge in [-0.05, 0) is 12.8 Å². The highest BCUT2D eigenvalue weighted by atomic mass is 127. The molecule has 2 aliphatic rings. The van der Waals surface area contributed by atoms with Crippen LogP contribution in [0.3, 0.4) is 0 Å². The first-order valence-corrected chi connectivity index (χ1v) is 7.78. The third-order valence-electron chi connectivity index (χ3n) is 3.36. The van der Waals surface area contributed by atoms with Crippen molar-refractivity contribution in [2.24, 2.45) is 0 Å². The van der Waals surface area contributed by atoms with Gasteiger partial charge in [-0.1, -0.05) is 29.0 Å². The van der Waals surface area contributed by atoms with Gasteiger partial charge in [0.05, 0.1) is 0 Å². The first-order chi connectivity index (χ1) is 9.08. The Hall–Kier alpha value is -0.920. The van der Waals surface area contributed by atoms with Crippen molar-refractivity contribution >= 4 is 40.3 Å². The Balaban J connectivity index is 1.54. The fourth-order valence-electron chi connectivity index (χ4n) is 2.16. The molecule has 19 heavy (non-hydrogen) atoms. The molecule has 0 unspecified atom stereocenters. The van der Waals surface area contributed by atoms with E-state index in [1.54, 1.807) is 0 Å². The zero-order valence-electron chi connectivity index (χ0n) is 10.7. The van der Waals surface area contributed by atoms with Crippen molar-refractivity contribution in [2.75, 3.05) is 19.6 Å². The maximum absolute atomic E-state index is 11.7. The van der Waals surface area contributed by atoms with Crippen LogP contribution in [0, 0.1) is 0 Å². The lowest BCUT2D eigenvalue weighted by Crippen LogP contribution is -2.50. The number of rotatable bonds is 6. The van der Waals surface area contributed by atoms with Crippen molar-refractivity contribution in [3.05, 3.63) is 12.2 Å². The summed E-state index contributed by atoms with van der Waals surface area (Å²) in [7, 11) is 0. The minimum absolute atomic E-state index is 0.225. The number of carbonyl (C=O) groups excluding carboxylic acids is 3. The molecule has 104 valence electrons. The maximum Gasteiger partial charge on any atom is 0.253 e. The molecule has 0 aromatic rings. The fraction of sp³-hybridized carbons (Fsp3) is 0.615. The van der Waals surface area contributed by atoms with Crippen molar-refractivity contribution < 1.29 is 14.4 Å². The van der Waals surface area contributed by atoms with E-state index in [2.05, 4.69) is 22.6 Å². The largest absolute Gasteiger partial charge is 0.340 e. The predicted molar refractivity (Wildman–Crippen MR) is 78.7 cm³/mol. The fourth-order valence-corrected chi connectivity index (χ4v) is 3.11. The van der Waals surface area contributed by atoms with Crippen molar-refractivity contribution in [2.45, 2.75) is 29.6 Å². The number of nitrogens with zero attached hydrogens (tertiary/aromatic N) is 2. The molecule has 3 amide bonds. The number of hydrogen-bond donors (Lipinski definition) is 0. The number of amides is 3. The number of hydrogen-bond acceptors (Lipinski definition) is 3. The number of imide groups is 1. The summed E-state index contributed by atoms with van der Waals surface area (Å²) in [6.07, 6.45) is 5.63. The first kappa shape index (κ1) is 14.5. The van der Waals surface area contributed by atoms with Crippen LogP contribution in [0.1, 0.15) is 25.7 Å². The van der Waals surface area contributed by atoms with Crippen molar-refractivity contribution in [3.8, 4) is 0 Å². The molecule has 5 nitrogen and oxygen atoms in total. The molecule has 2 aliphatic heterocycles. The minimum Gasteiger partial charge on any atom is -0.340 e. The Bertz CT molecular complexity index is 398. The van der Waals surface area contributed by atoms with Crippen LogP contribution >= 0.6 is 22.6 Å². The van der Waals surface area contributed by atoms with Gasteiger partial charge in [0.1, 0.15) is 0 Å². The molecule has 0 aromatic heterocycles. The summed E-state index contributed by atoms with van der Waals surface area (Å²) in [6.45, 7) is 2.21. The molecule has 0 aromatic carbocycles. The molecule has 6 heteroatoms. The smallest absolute Gasteiger partial charge is 0.253 e. The van der Waals surface area contributed by atoms with Gasteiger partial charge in [0.15, 0.2) is 0 Å². The molecule has 0 aliphatic carbocycles. The van der Waals surface area contributed by atoms with Crippen molar-refractivity contribution in [1.82, 2.24) is 9.80 Å². The molecule has 2 heterocycles. The molecule has 2 rings (SSSR count). The van der Waals surface area contributed by atoms with E-state index >= 15 is 0 Å². The van der Waals surface area contributed by atoms with E-state index in [0.717, 1.165) is 32.4 Å². The molecule has 1 fully saturated rings. The lowest BCUT2D eigenvalue weighted by Gasteiger charge is -2.36. The van der Waals surface area contributed by atoms with Crippen LogP contribution in [0.2, 0.25) is 0 Å². The average Bonchev–Trinajstić information content (AvgIpc) is 2.65. The van der Waals surface area contributed by atoms with Crippen LogP contribution in [0.15, 0.2) is 12.2 Å². The normalized spacial score (nSPS) is 19.2. The summed E-state index contributed by atoms with van der Waals surface area (Å²) in [5.41, 5.74) is 0. The maximum atomic E-state index is 11.7. The summed E-state index contributed by atoms with van der Waals surface area (Å²) in [5, 5.41) is 0. The zero-order valence-corrected chi connectivity index (χ0v) is 12.8. The van der Waals surface area contributed by atoms with Gasteiger partial charge in [-0.3, -0.25) is 19.3 Å². The van der Waals surface area contributed by atoms with E-state index in [0.29, 0.717) is 16.9 Å². The average molecular weight is 376 g/mol. The molecule has 0 radical (unpaired) electrons. The second-order valence-electron chi connectivity index (χ2n) is 4.87. The van der Waals surface area contributed by atoms with E-state index in [1.165, 1.54) is 17.1 Å². The van der Waals surface area contributed by atoms with Crippen LogP contribution in [-0.2, 0) is 14.4 Å². The summed E-state index contributed by atoms with van der Waals surface area (Å²) in [6, 6.07) is 0. The van der Waals surface area contributed by atoms with Gasteiger partial charge in [0, 0.05) is 42.1 Å². The molecule has 0 N–H and O–H groups in total. The Morgan fingerprint density at radius 1 is 1.16 bits per heavy atom. The van der Waals surface area contributed by atoms with Crippen LogP contribution in [-0.4, -0.2) is 51.1 Å². The van der Waals surface area contributed by atoms with Gasteiger partial charge < -0.3 is 4.90 Å². The van der Waals surface area contributed by atoms with Crippen LogP contribution in [0.25, 0.3) is 0 Å². The minimum atomic E-state index is -0.227. The number of likely N-dealkylation sites (tertiary alicyclic amines) is 1. The van der Waals surface area contributed by atoms with Gasteiger partial charge in [-0.2, -0.15) is 0 Å². The van der Waals surface area contributed by atoms with Gasteiger partial charge in [0.2, 0.25) is 5.91 Å².